The molecule has 0 N–H and O–H groups in total. The van der Waals surface area contributed by atoms with Crippen molar-refractivity contribution in [2.24, 2.45) is 17.8 Å². The summed E-state index contributed by atoms with van der Waals surface area (Å²) in [5.41, 5.74) is 1.57. The highest BCUT2D eigenvalue weighted by Gasteiger charge is 2.34. The van der Waals surface area contributed by atoms with E-state index in [1.807, 2.05) is 6.08 Å². The standard InChI is InChI=1S/C32H47NO4/c1-6-15-26(20-23(3)4)32(37)33(5)29(31(36)24-16-11-9-8-10-12-17-24)22-27(34)21-25-18-13-14-19-28(25)30(35)7-2/h6-7,16,21,23,26,28-29H,1-2,8-15,17-20,22H2,3-5H3/b24-16?,25-21-/t26-,28-,29-/m0/s1. The van der Waals surface area contributed by atoms with E-state index >= 15 is 0 Å². The molecule has 0 heterocycles. The van der Waals surface area contributed by atoms with Crippen molar-refractivity contribution < 1.29 is 19.2 Å². The minimum atomic E-state index is -0.848. The Morgan fingerprint density at radius 1 is 1.03 bits per heavy atom. The maximum atomic E-state index is 13.8. The van der Waals surface area contributed by atoms with Crippen LogP contribution >= 0.6 is 0 Å². The molecule has 5 heteroatoms. The number of carbonyl (C=O) groups excluding carboxylic acids is 4. The second-order valence-corrected chi connectivity index (χ2v) is 11.2. The number of carbonyl (C=O) groups is 4. The Balaban J connectivity index is 2.36. The van der Waals surface area contributed by atoms with E-state index in [-0.39, 0.29) is 41.5 Å². The molecule has 1 amide bonds. The third-order valence-electron chi connectivity index (χ3n) is 7.72. The smallest absolute Gasteiger partial charge is 0.226 e. The summed E-state index contributed by atoms with van der Waals surface area (Å²) in [4.78, 5) is 54.7. The van der Waals surface area contributed by atoms with Gasteiger partial charge in [0.1, 0.15) is 6.04 Å². The van der Waals surface area contributed by atoms with Gasteiger partial charge in [0, 0.05) is 25.3 Å². The van der Waals surface area contributed by atoms with E-state index in [0.29, 0.717) is 31.6 Å². The Kier molecular flexibility index (Phi) is 13.0. The first kappa shape index (κ1) is 30.7. The Morgan fingerprint density at radius 2 is 1.73 bits per heavy atom. The quantitative estimate of drug-likeness (QED) is 0.204. The third-order valence-corrected chi connectivity index (χ3v) is 7.72. The largest absolute Gasteiger partial charge is 0.335 e. The number of nitrogens with zero attached hydrogens (tertiary/aromatic N) is 1. The molecule has 0 aromatic carbocycles. The lowest BCUT2D eigenvalue weighted by Crippen LogP contribution is -2.46. The van der Waals surface area contributed by atoms with Gasteiger partial charge >= 0.3 is 0 Å². The van der Waals surface area contributed by atoms with Crippen LogP contribution in [-0.4, -0.2) is 41.2 Å². The van der Waals surface area contributed by atoms with E-state index in [1.54, 1.807) is 19.2 Å². The Hall–Kier alpha value is -2.56. The zero-order chi connectivity index (χ0) is 27.4. The lowest BCUT2D eigenvalue weighted by Gasteiger charge is -2.31. The molecule has 0 aromatic heterocycles. The summed E-state index contributed by atoms with van der Waals surface area (Å²) in [5, 5.41) is 0. The van der Waals surface area contributed by atoms with Gasteiger partial charge in [-0.05, 0) is 81.4 Å². The first-order chi connectivity index (χ1) is 17.7. The fourth-order valence-electron chi connectivity index (χ4n) is 5.68. The molecule has 1 fully saturated rings. The van der Waals surface area contributed by atoms with Gasteiger partial charge in [0.25, 0.3) is 0 Å². The number of likely N-dealkylation sites (N-methyl/N-ethyl adjacent to an activating group) is 1. The van der Waals surface area contributed by atoms with Crippen LogP contribution in [0.2, 0.25) is 0 Å². The van der Waals surface area contributed by atoms with E-state index in [2.05, 4.69) is 27.0 Å². The van der Waals surface area contributed by atoms with Crippen LogP contribution in [0.15, 0.2) is 48.6 Å². The molecule has 0 radical (unpaired) electrons. The Labute approximate surface area is 224 Å². The van der Waals surface area contributed by atoms with Crippen LogP contribution in [0.1, 0.15) is 97.3 Å². The van der Waals surface area contributed by atoms with Gasteiger partial charge < -0.3 is 4.90 Å². The molecule has 204 valence electrons. The Bertz CT molecular complexity index is 910. The molecule has 0 spiro atoms. The average molecular weight is 510 g/mol. The third kappa shape index (κ3) is 9.36. The van der Waals surface area contributed by atoms with Gasteiger partial charge in [-0.2, -0.15) is 0 Å². The molecule has 1 saturated carbocycles. The van der Waals surface area contributed by atoms with E-state index in [0.717, 1.165) is 62.5 Å². The molecular weight excluding hydrogens is 462 g/mol. The van der Waals surface area contributed by atoms with Crippen molar-refractivity contribution in [3.8, 4) is 0 Å². The van der Waals surface area contributed by atoms with Crippen LogP contribution in [0.3, 0.4) is 0 Å². The van der Waals surface area contributed by atoms with Crippen molar-refractivity contribution in [3.63, 3.8) is 0 Å². The van der Waals surface area contributed by atoms with Gasteiger partial charge in [-0.15, -0.1) is 6.58 Å². The number of ketones is 3. The molecule has 0 saturated heterocycles. The van der Waals surface area contributed by atoms with Crippen molar-refractivity contribution in [2.75, 3.05) is 7.05 Å². The highest BCUT2D eigenvalue weighted by molar-refractivity contribution is 6.05. The highest BCUT2D eigenvalue weighted by atomic mass is 16.2. The zero-order valence-electron chi connectivity index (χ0n) is 23.3. The van der Waals surface area contributed by atoms with Gasteiger partial charge in [-0.3, -0.25) is 19.2 Å². The number of allylic oxidation sites excluding steroid dienone is 5. The molecule has 2 aliphatic rings. The highest BCUT2D eigenvalue weighted by Crippen LogP contribution is 2.31. The second-order valence-electron chi connectivity index (χ2n) is 11.2. The SMILES string of the molecule is C=CC[C@@H](CC(C)C)C(=O)N(C)[C@@H](CC(=O)/C=C1/CCCC[C@@H]1C(=O)C=C)C(=O)C1=CCCCCCC1. The van der Waals surface area contributed by atoms with Crippen molar-refractivity contribution >= 4 is 23.3 Å². The molecule has 0 aliphatic heterocycles. The molecule has 0 unspecified atom stereocenters. The van der Waals surface area contributed by atoms with Crippen LogP contribution in [0.4, 0.5) is 0 Å². The molecular formula is C32H47NO4. The fourth-order valence-corrected chi connectivity index (χ4v) is 5.68. The van der Waals surface area contributed by atoms with Gasteiger partial charge in [-0.1, -0.05) is 57.4 Å². The van der Waals surface area contributed by atoms with Gasteiger partial charge in [0.2, 0.25) is 5.91 Å². The minimum Gasteiger partial charge on any atom is -0.335 e. The van der Waals surface area contributed by atoms with Crippen LogP contribution in [0.25, 0.3) is 0 Å². The number of rotatable bonds is 13. The van der Waals surface area contributed by atoms with Crippen molar-refractivity contribution in [1.29, 1.82) is 0 Å². The number of amides is 1. The number of Topliss-reactive ketones (excluding diaryl/α,β-unsaturated/α-hetero) is 1. The normalized spacial score (nSPS) is 21.2. The molecule has 3 atom stereocenters. The molecule has 5 nitrogen and oxygen atoms in total. The van der Waals surface area contributed by atoms with Crippen LogP contribution < -0.4 is 0 Å². The predicted octanol–water partition coefficient (Wildman–Crippen LogP) is 6.73. The van der Waals surface area contributed by atoms with Crippen LogP contribution in [0, 0.1) is 17.8 Å². The predicted molar refractivity (Wildman–Crippen MR) is 150 cm³/mol. The Morgan fingerprint density at radius 3 is 2.41 bits per heavy atom. The molecule has 2 rings (SSSR count). The number of hydrogen-bond acceptors (Lipinski definition) is 4. The maximum absolute atomic E-state index is 13.8. The fraction of sp³-hybridized carbons (Fsp3) is 0.625. The van der Waals surface area contributed by atoms with E-state index in [9.17, 15) is 19.2 Å². The van der Waals surface area contributed by atoms with Crippen molar-refractivity contribution in [3.05, 3.63) is 48.6 Å². The lowest BCUT2D eigenvalue weighted by atomic mass is 9.80. The molecule has 0 aromatic rings. The summed E-state index contributed by atoms with van der Waals surface area (Å²) in [6.45, 7) is 11.6. The topological polar surface area (TPSA) is 71.5 Å². The second kappa shape index (κ2) is 15.6. The average Bonchev–Trinajstić information content (AvgIpc) is 2.85. The molecule has 0 bridgehead atoms. The summed E-state index contributed by atoms with van der Waals surface area (Å²) in [5.74, 6) is -0.746. The van der Waals surface area contributed by atoms with Crippen molar-refractivity contribution in [2.45, 2.75) is 103 Å². The van der Waals surface area contributed by atoms with Crippen molar-refractivity contribution in [1.82, 2.24) is 4.90 Å². The lowest BCUT2D eigenvalue weighted by molar-refractivity contribution is -0.141. The molecule has 2 aliphatic carbocycles. The minimum absolute atomic E-state index is 0.0562. The van der Waals surface area contributed by atoms with Crippen LogP contribution in [-0.2, 0) is 19.2 Å². The summed E-state index contributed by atoms with van der Waals surface area (Å²) in [7, 11) is 1.66. The first-order valence-electron chi connectivity index (χ1n) is 14.2. The van der Waals surface area contributed by atoms with E-state index in [4.69, 9.17) is 0 Å². The van der Waals surface area contributed by atoms with E-state index in [1.165, 1.54) is 11.0 Å². The number of hydrogen-bond donors (Lipinski definition) is 0. The maximum Gasteiger partial charge on any atom is 0.226 e. The van der Waals surface area contributed by atoms with Gasteiger partial charge in [0.05, 0.1) is 0 Å². The van der Waals surface area contributed by atoms with Gasteiger partial charge in [-0.25, -0.2) is 0 Å². The van der Waals surface area contributed by atoms with E-state index < -0.39 is 6.04 Å². The van der Waals surface area contributed by atoms with Gasteiger partial charge in [0.15, 0.2) is 17.3 Å². The zero-order valence-corrected chi connectivity index (χ0v) is 23.3. The summed E-state index contributed by atoms with van der Waals surface area (Å²) < 4.78 is 0. The summed E-state index contributed by atoms with van der Waals surface area (Å²) in [6, 6.07) is -0.848. The summed E-state index contributed by atoms with van der Waals surface area (Å²) >= 11 is 0. The van der Waals surface area contributed by atoms with Crippen LogP contribution in [0.5, 0.6) is 0 Å². The first-order valence-corrected chi connectivity index (χ1v) is 14.2. The monoisotopic (exact) mass is 509 g/mol. The molecule has 37 heavy (non-hydrogen) atoms. The summed E-state index contributed by atoms with van der Waals surface area (Å²) in [6.07, 6.45) is 16.9.